The van der Waals surface area contributed by atoms with Gasteiger partial charge in [-0.1, -0.05) is 17.7 Å². The highest BCUT2D eigenvalue weighted by atomic mass is 35.5. The quantitative estimate of drug-likeness (QED) is 0.565. The van der Waals surface area contributed by atoms with E-state index in [4.69, 9.17) is 30.5 Å². The van der Waals surface area contributed by atoms with Gasteiger partial charge in [-0.25, -0.2) is 0 Å². The van der Waals surface area contributed by atoms with Crippen LogP contribution >= 0.6 is 11.6 Å². The van der Waals surface area contributed by atoms with Crippen molar-refractivity contribution in [2.75, 3.05) is 20.5 Å². The highest BCUT2D eigenvalue weighted by Crippen LogP contribution is 2.37. The molecule has 25 heavy (non-hydrogen) atoms. The molecule has 0 saturated heterocycles. The lowest BCUT2D eigenvalue weighted by Crippen LogP contribution is -1.97. The van der Waals surface area contributed by atoms with Gasteiger partial charge in [0.25, 0.3) is 0 Å². The van der Waals surface area contributed by atoms with Crippen molar-refractivity contribution in [1.29, 1.82) is 0 Å². The number of carbonyl (C=O) groups excluding carboxylic acids is 1. The summed E-state index contributed by atoms with van der Waals surface area (Å²) in [6, 6.07) is 8.58. The van der Waals surface area contributed by atoms with E-state index in [9.17, 15) is 4.79 Å². The molecule has 0 aromatic heterocycles. The Balaban J connectivity index is 1.82. The molecule has 0 radical (unpaired) electrons. The molecule has 2 aromatic rings. The third-order valence-electron chi connectivity index (χ3n) is 3.62. The molecule has 0 atom stereocenters. The average Bonchev–Trinajstić information content (AvgIpc) is 3.07. The Bertz CT molecular complexity index is 829. The molecular formula is C19H17ClO5. The SMILES string of the molecule is CCOc1cc(/C=C/C(=O)c2ccc3c(c2)OCO3)cc(Cl)c1OC. The molecule has 0 aliphatic carbocycles. The van der Waals surface area contributed by atoms with Crippen LogP contribution in [0.1, 0.15) is 22.8 Å². The Morgan fingerprint density at radius 1 is 1.24 bits per heavy atom. The number of hydrogen-bond acceptors (Lipinski definition) is 5. The summed E-state index contributed by atoms with van der Waals surface area (Å²) < 4.78 is 21.3. The lowest BCUT2D eigenvalue weighted by atomic mass is 10.1. The second-order valence-corrected chi connectivity index (χ2v) is 5.64. The van der Waals surface area contributed by atoms with E-state index in [2.05, 4.69) is 0 Å². The van der Waals surface area contributed by atoms with E-state index in [1.165, 1.54) is 13.2 Å². The van der Waals surface area contributed by atoms with Crippen LogP contribution in [-0.4, -0.2) is 26.3 Å². The number of methoxy groups -OCH3 is 1. The standard InChI is InChI=1S/C19H17ClO5/c1-3-23-18-9-12(8-14(20)19(18)22-2)4-6-15(21)13-5-7-16-17(10-13)25-11-24-16/h4-10H,3,11H2,1-2H3/b6-4+. The van der Waals surface area contributed by atoms with Crippen LogP contribution < -0.4 is 18.9 Å². The lowest BCUT2D eigenvalue weighted by molar-refractivity contribution is 0.104. The van der Waals surface area contributed by atoms with E-state index in [0.717, 1.165) is 5.56 Å². The first kappa shape index (κ1) is 17.2. The Kier molecular flexibility index (Phi) is 5.14. The zero-order valence-electron chi connectivity index (χ0n) is 13.9. The molecule has 0 unspecified atom stereocenters. The Labute approximate surface area is 150 Å². The third-order valence-corrected chi connectivity index (χ3v) is 3.90. The number of ether oxygens (including phenoxy) is 4. The number of benzene rings is 2. The molecule has 3 rings (SSSR count). The highest BCUT2D eigenvalue weighted by molar-refractivity contribution is 6.32. The lowest BCUT2D eigenvalue weighted by Gasteiger charge is -2.11. The number of fused-ring (bicyclic) bond motifs is 1. The topological polar surface area (TPSA) is 54.0 Å². The van der Waals surface area contributed by atoms with Crippen LogP contribution in [0.5, 0.6) is 23.0 Å². The number of halogens is 1. The molecule has 1 aliphatic heterocycles. The van der Waals surface area contributed by atoms with Crippen LogP contribution in [0.2, 0.25) is 5.02 Å². The van der Waals surface area contributed by atoms with Crippen LogP contribution in [0.3, 0.4) is 0 Å². The molecule has 0 amide bonds. The fourth-order valence-electron chi connectivity index (χ4n) is 2.46. The summed E-state index contributed by atoms with van der Waals surface area (Å²) in [4.78, 5) is 12.4. The van der Waals surface area contributed by atoms with Gasteiger partial charge in [0.2, 0.25) is 6.79 Å². The summed E-state index contributed by atoms with van der Waals surface area (Å²) in [5.41, 5.74) is 1.26. The summed E-state index contributed by atoms with van der Waals surface area (Å²) in [5, 5.41) is 0.420. The van der Waals surface area contributed by atoms with Crippen LogP contribution in [-0.2, 0) is 0 Å². The Morgan fingerprint density at radius 3 is 2.80 bits per heavy atom. The smallest absolute Gasteiger partial charge is 0.231 e. The molecule has 2 aromatic carbocycles. The van der Waals surface area contributed by atoms with E-state index in [0.29, 0.717) is 40.2 Å². The van der Waals surface area contributed by atoms with Crippen molar-refractivity contribution in [2.45, 2.75) is 6.92 Å². The summed E-state index contributed by atoms with van der Waals surface area (Å²) in [5.74, 6) is 2.08. The molecular weight excluding hydrogens is 344 g/mol. The van der Waals surface area contributed by atoms with Gasteiger partial charge in [-0.3, -0.25) is 4.79 Å². The van der Waals surface area contributed by atoms with E-state index >= 15 is 0 Å². The molecule has 0 N–H and O–H groups in total. The maximum atomic E-state index is 12.4. The van der Waals surface area contributed by atoms with E-state index in [-0.39, 0.29) is 12.6 Å². The first-order valence-electron chi connectivity index (χ1n) is 7.74. The molecule has 1 heterocycles. The molecule has 5 nitrogen and oxygen atoms in total. The number of hydrogen-bond donors (Lipinski definition) is 0. The zero-order valence-corrected chi connectivity index (χ0v) is 14.6. The molecule has 0 fully saturated rings. The molecule has 1 aliphatic rings. The van der Waals surface area contributed by atoms with Crippen molar-refractivity contribution in [1.82, 2.24) is 0 Å². The van der Waals surface area contributed by atoms with Crippen molar-refractivity contribution in [3.63, 3.8) is 0 Å². The third kappa shape index (κ3) is 3.72. The van der Waals surface area contributed by atoms with Crippen LogP contribution in [0.4, 0.5) is 0 Å². The fraction of sp³-hybridized carbons (Fsp3) is 0.211. The average molecular weight is 361 g/mol. The number of allylic oxidation sites excluding steroid dienone is 1. The number of carbonyl (C=O) groups is 1. The summed E-state index contributed by atoms with van der Waals surface area (Å²) in [6.45, 7) is 2.53. The summed E-state index contributed by atoms with van der Waals surface area (Å²) in [6.07, 6.45) is 3.16. The Morgan fingerprint density at radius 2 is 2.04 bits per heavy atom. The number of rotatable bonds is 6. The van der Waals surface area contributed by atoms with Crippen molar-refractivity contribution in [2.24, 2.45) is 0 Å². The van der Waals surface area contributed by atoms with Gasteiger partial charge in [0, 0.05) is 5.56 Å². The van der Waals surface area contributed by atoms with Gasteiger partial charge in [-0.15, -0.1) is 0 Å². The minimum atomic E-state index is -0.150. The normalized spacial score (nSPS) is 12.4. The molecule has 6 heteroatoms. The largest absolute Gasteiger partial charge is 0.491 e. The fourth-order valence-corrected chi connectivity index (χ4v) is 2.76. The monoisotopic (exact) mass is 360 g/mol. The maximum Gasteiger partial charge on any atom is 0.231 e. The first-order chi connectivity index (χ1) is 12.1. The molecule has 130 valence electrons. The van der Waals surface area contributed by atoms with Gasteiger partial charge >= 0.3 is 0 Å². The highest BCUT2D eigenvalue weighted by Gasteiger charge is 2.15. The van der Waals surface area contributed by atoms with Crippen molar-refractivity contribution < 1.29 is 23.7 Å². The van der Waals surface area contributed by atoms with Gasteiger partial charge < -0.3 is 18.9 Å². The van der Waals surface area contributed by atoms with Crippen LogP contribution in [0.15, 0.2) is 36.4 Å². The predicted molar refractivity (Wildman–Crippen MR) is 95.1 cm³/mol. The Hall–Kier alpha value is -2.66. The summed E-state index contributed by atoms with van der Waals surface area (Å²) in [7, 11) is 1.53. The van der Waals surface area contributed by atoms with Gasteiger partial charge in [-0.05, 0) is 48.9 Å². The minimum absolute atomic E-state index is 0.150. The molecule has 0 bridgehead atoms. The molecule has 0 spiro atoms. The van der Waals surface area contributed by atoms with Gasteiger partial charge in [0.15, 0.2) is 28.8 Å². The van der Waals surface area contributed by atoms with Gasteiger partial charge in [0.05, 0.1) is 18.7 Å². The van der Waals surface area contributed by atoms with Crippen LogP contribution in [0.25, 0.3) is 6.08 Å². The first-order valence-corrected chi connectivity index (χ1v) is 8.12. The number of ketones is 1. The maximum absolute atomic E-state index is 12.4. The second-order valence-electron chi connectivity index (χ2n) is 5.23. The van der Waals surface area contributed by atoms with Crippen molar-refractivity contribution >= 4 is 23.5 Å². The zero-order chi connectivity index (χ0) is 17.8. The second kappa shape index (κ2) is 7.49. The van der Waals surface area contributed by atoms with Gasteiger partial charge in [-0.2, -0.15) is 0 Å². The predicted octanol–water partition coefficient (Wildman–Crippen LogP) is 4.37. The van der Waals surface area contributed by atoms with E-state index in [1.54, 1.807) is 36.4 Å². The summed E-state index contributed by atoms with van der Waals surface area (Å²) >= 11 is 6.21. The van der Waals surface area contributed by atoms with Crippen LogP contribution in [0, 0.1) is 0 Å². The van der Waals surface area contributed by atoms with E-state index in [1.807, 2.05) is 6.92 Å². The van der Waals surface area contributed by atoms with Crippen molar-refractivity contribution in [3.05, 3.63) is 52.6 Å². The van der Waals surface area contributed by atoms with Gasteiger partial charge in [0.1, 0.15) is 0 Å². The molecule has 0 saturated carbocycles. The minimum Gasteiger partial charge on any atom is -0.491 e. The van der Waals surface area contributed by atoms with Crippen molar-refractivity contribution in [3.8, 4) is 23.0 Å². The van der Waals surface area contributed by atoms with E-state index < -0.39 is 0 Å².